The van der Waals surface area contributed by atoms with Crippen LogP contribution in [-0.2, 0) is 4.79 Å². The van der Waals surface area contributed by atoms with E-state index < -0.39 is 6.04 Å². The minimum Gasteiger partial charge on any atom is -0.324 e. The molecule has 0 saturated heterocycles. The number of pyridine rings is 1. The molecule has 1 heterocycles. The standard InChI is InChI=1S/C16H21N3O.2ClH/c1-10-7-8-12(11-6-5-9-18-13(10)11)19-15(20)14(17)16(2,3)4;;/h5-9,14H,17H2,1-4H3,(H,19,20);2*1H/t14-;;/m1../s1. The van der Waals surface area contributed by atoms with Gasteiger partial charge in [0.1, 0.15) is 0 Å². The van der Waals surface area contributed by atoms with Crippen LogP contribution in [0.4, 0.5) is 5.69 Å². The topological polar surface area (TPSA) is 68.0 Å². The predicted molar refractivity (Wildman–Crippen MR) is 97.0 cm³/mol. The third-order valence-electron chi connectivity index (χ3n) is 3.44. The molecule has 0 unspecified atom stereocenters. The summed E-state index contributed by atoms with van der Waals surface area (Å²) in [4.78, 5) is 16.6. The Kier molecular flexibility index (Phi) is 7.29. The van der Waals surface area contributed by atoms with Gasteiger partial charge in [0.25, 0.3) is 0 Å². The molecule has 0 radical (unpaired) electrons. The smallest absolute Gasteiger partial charge is 0.241 e. The summed E-state index contributed by atoms with van der Waals surface area (Å²) in [6, 6.07) is 7.10. The van der Waals surface area contributed by atoms with Crippen LogP contribution in [0.25, 0.3) is 10.9 Å². The molecule has 1 amide bonds. The summed E-state index contributed by atoms with van der Waals surface area (Å²) >= 11 is 0. The lowest BCUT2D eigenvalue weighted by Crippen LogP contribution is -2.45. The van der Waals surface area contributed by atoms with E-state index in [-0.39, 0.29) is 36.1 Å². The van der Waals surface area contributed by atoms with Crippen molar-refractivity contribution in [3.8, 4) is 0 Å². The van der Waals surface area contributed by atoms with Gasteiger partial charge in [-0.1, -0.05) is 26.8 Å². The number of fused-ring (bicyclic) bond motifs is 1. The van der Waals surface area contributed by atoms with Gasteiger partial charge in [0.2, 0.25) is 5.91 Å². The molecule has 6 heteroatoms. The Morgan fingerprint density at radius 1 is 1.23 bits per heavy atom. The number of aromatic nitrogens is 1. The number of nitrogens with one attached hydrogen (secondary N) is 1. The third-order valence-corrected chi connectivity index (χ3v) is 3.44. The van der Waals surface area contributed by atoms with Crippen LogP contribution in [0.3, 0.4) is 0 Å². The maximum absolute atomic E-state index is 12.2. The van der Waals surface area contributed by atoms with Gasteiger partial charge >= 0.3 is 0 Å². The molecule has 4 nitrogen and oxygen atoms in total. The summed E-state index contributed by atoms with van der Waals surface area (Å²) in [6.45, 7) is 7.85. The number of anilines is 1. The highest BCUT2D eigenvalue weighted by Gasteiger charge is 2.27. The average Bonchev–Trinajstić information content (AvgIpc) is 2.40. The highest BCUT2D eigenvalue weighted by atomic mass is 35.5. The van der Waals surface area contributed by atoms with E-state index in [1.807, 2.05) is 52.0 Å². The van der Waals surface area contributed by atoms with Gasteiger partial charge in [0.15, 0.2) is 0 Å². The largest absolute Gasteiger partial charge is 0.324 e. The minimum absolute atomic E-state index is 0. The number of hydrogen-bond acceptors (Lipinski definition) is 3. The molecule has 22 heavy (non-hydrogen) atoms. The number of aryl methyl sites for hydroxylation is 1. The Balaban J connectivity index is 0.00000220. The van der Waals surface area contributed by atoms with Gasteiger partial charge < -0.3 is 11.1 Å². The van der Waals surface area contributed by atoms with Crippen molar-refractivity contribution in [1.29, 1.82) is 0 Å². The lowest BCUT2D eigenvalue weighted by atomic mass is 9.87. The second kappa shape index (κ2) is 7.77. The molecule has 0 fully saturated rings. The van der Waals surface area contributed by atoms with Crippen LogP contribution < -0.4 is 11.1 Å². The van der Waals surface area contributed by atoms with Gasteiger partial charge in [-0.05, 0) is 36.1 Å². The molecular weight excluding hydrogens is 321 g/mol. The Morgan fingerprint density at radius 2 is 1.86 bits per heavy atom. The number of amides is 1. The Hall–Kier alpha value is -1.36. The molecule has 0 bridgehead atoms. The van der Waals surface area contributed by atoms with Crippen LogP contribution in [0.15, 0.2) is 30.5 Å². The summed E-state index contributed by atoms with van der Waals surface area (Å²) < 4.78 is 0. The molecule has 0 saturated carbocycles. The number of benzene rings is 1. The number of nitrogens with two attached hydrogens (primary N) is 1. The molecule has 0 aliphatic carbocycles. The first-order valence-corrected chi connectivity index (χ1v) is 6.71. The summed E-state index contributed by atoms with van der Waals surface area (Å²) in [7, 11) is 0. The molecular formula is C16H23Cl2N3O. The van der Waals surface area contributed by atoms with Gasteiger partial charge in [-0.3, -0.25) is 9.78 Å². The molecule has 1 aromatic heterocycles. The molecule has 1 aromatic carbocycles. The highest BCUT2D eigenvalue weighted by molar-refractivity contribution is 6.03. The first-order chi connectivity index (χ1) is 9.30. The molecule has 122 valence electrons. The van der Waals surface area contributed by atoms with E-state index in [2.05, 4.69) is 10.3 Å². The summed E-state index contributed by atoms with van der Waals surface area (Å²) in [5, 5.41) is 3.85. The molecule has 2 aromatic rings. The zero-order valence-electron chi connectivity index (χ0n) is 13.2. The number of carbonyl (C=O) groups is 1. The van der Waals surface area contributed by atoms with Crippen molar-refractivity contribution < 1.29 is 4.79 Å². The third kappa shape index (κ3) is 4.32. The quantitative estimate of drug-likeness (QED) is 0.873. The van der Waals surface area contributed by atoms with Crippen molar-refractivity contribution in [2.75, 3.05) is 5.32 Å². The number of halogens is 2. The number of rotatable bonds is 2. The van der Waals surface area contributed by atoms with Gasteiger partial charge in [0, 0.05) is 11.6 Å². The predicted octanol–water partition coefficient (Wildman–Crippen LogP) is 3.70. The fraction of sp³-hybridized carbons (Fsp3) is 0.375. The Labute approximate surface area is 143 Å². The van der Waals surface area contributed by atoms with Gasteiger partial charge in [-0.2, -0.15) is 0 Å². The zero-order chi connectivity index (χ0) is 14.9. The van der Waals surface area contributed by atoms with Crippen molar-refractivity contribution in [3.05, 3.63) is 36.0 Å². The van der Waals surface area contributed by atoms with E-state index >= 15 is 0 Å². The van der Waals surface area contributed by atoms with E-state index in [0.29, 0.717) is 0 Å². The van der Waals surface area contributed by atoms with Crippen LogP contribution in [0.1, 0.15) is 26.3 Å². The van der Waals surface area contributed by atoms with Gasteiger partial charge in [-0.25, -0.2) is 0 Å². The van der Waals surface area contributed by atoms with Gasteiger partial charge in [0.05, 0.1) is 17.2 Å². The first kappa shape index (κ1) is 20.6. The zero-order valence-corrected chi connectivity index (χ0v) is 14.8. The summed E-state index contributed by atoms with van der Waals surface area (Å²) in [6.07, 6.45) is 1.75. The molecule has 0 aliphatic heterocycles. The van der Waals surface area contributed by atoms with E-state index in [1.54, 1.807) is 6.20 Å². The van der Waals surface area contributed by atoms with Gasteiger partial charge in [-0.15, -0.1) is 24.8 Å². The Bertz CT molecular complexity index is 653. The number of nitrogens with zero attached hydrogens (tertiary/aromatic N) is 1. The van der Waals surface area contributed by atoms with E-state index in [9.17, 15) is 4.79 Å². The second-order valence-electron chi connectivity index (χ2n) is 6.16. The SMILES string of the molecule is Cc1ccc(NC(=O)[C@@H](N)C(C)(C)C)c2cccnc12.Cl.Cl. The Morgan fingerprint density at radius 3 is 2.45 bits per heavy atom. The molecule has 3 N–H and O–H groups in total. The first-order valence-electron chi connectivity index (χ1n) is 6.71. The second-order valence-corrected chi connectivity index (χ2v) is 6.16. The fourth-order valence-electron chi connectivity index (χ4n) is 2.03. The molecule has 2 rings (SSSR count). The fourth-order valence-corrected chi connectivity index (χ4v) is 2.03. The van der Waals surface area contributed by atoms with Crippen LogP contribution in [0.5, 0.6) is 0 Å². The molecule has 1 atom stereocenters. The normalized spacial score (nSPS) is 12.0. The van der Waals surface area contributed by atoms with E-state index in [4.69, 9.17) is 5.73 Å². The van der Waals surface area contributed by atoms with Crippen LogP contribution in [0.2, 0.25) is 0 Å². The maximum atomic E-state index is 12.2. The van der Waals surface area contributed by atoms with Crippen molar-refractivity contribution >= 4 is 47.3 Å². The lowest BCUT2D eigenvalue weighted by Gasteiger charge is -2.26. The van der Waals surface area contributed by atoms with Crippen molar-refractivity contribution in [3.63, 3.8) is 0 Å². The number of hydrogen-bond donors (Lipinski definition) is 2. The number of carbonyl (C=O) groups excluding carboxylic acids is 1. The van der Waals surface area contributed by atoms with Crippen LogP contribution in [0, 0.1) is 12.3 Å². The summed E-state index contributed by atoms with van der Waals surface area (Å²) in [5.74, 6) is -0.175. The maximum Gasteiger partial charge on any atom is 0.241 e. The average molecular weight is 344 g/mol. The molecule has 0 aliphatic rings. The van der Waals surface area contributed by atoms with Crippen molar-refractivity contribution in [2.45, 2.75) is 33.7 Å². The molecule has 0 spiro atoms. The van der Waals surface area contributed by atoms with Crippen molar-refractivity contribution in [1.82, 2.24) is 4.98 Å². The lowest BCUT2D eigenvalue weighted by molar-refractivity contribution is -0.119. The van der Waals surface area contributed by atoms with Crippen molar-refractivity contribution in [2.24, 2.45) is 11.1 Å². The minimum atomic E-state index is -0.560. The van der Waals surface area contributed by atoms with E-state index in [0.717, 1.165) is 22.2 Å². The van der Waals surface area contributed by atoms with E-state index in [1.165, 1.54) is 0 Å². The van der Waals surface area contributed by atoms with Crippen LogP contribution >= 0.6 is 24.8 Å². The monoisotopic (exact) mass is 343 g/mol. The highest BCUT2D eigenvalue weighted by Crippen LogP contribution is 2.26. The summed E-state index contributed by atoms with van der Waals surface area (Å²) in [5.41, 5.74) is 8.45. The van der Waals surface area contributed by atoms with Crippen LogP contribution in [-0.4, -0.2) is 16.9 Å².